The van der Waals surface area contributed by atoms with Gasteiger partial charge in [0.1, 0.15) is 10.8 Å². The van der Waals surface area contributed by atoms with Gasteiger partial charge in [-0.1, -0.05) is 24.3 Å². The molecule has 0 aromatic heterocycles. The van der Waals surface area contributed by atoms with Gasteiger partial charge < -0.3 is 14.6 Å². The number of halogens is 2. The monoisotopic (exact) mass is 326 g/mol. The molecule has 0 amide bonds. The van der Waals surface area contributed by atoms with E-state index in [4.69, 9.17) is 9.47 Å². The van der Waals surface area contributed by atoms with Crippen molar-refractivity contribution < 1.29 is 27.6 Å². The Hall–Kier alpha value is -1.99. The minimum absolute atomic E-state index is 0.00121. The zero-order valence-electron chi connectivity index (χ0n) is 11.2. The Bertz CT molecular complexity index is 706. The van der Waals surface area contributed by atoms with E-state index in [2.05, 4.69) is 0 Å². The van der Waals surface area contributed by atoms with Crippen molar-refractivity contribution in [2.45, 2.75) is 16.3 Å². The van der Waals surface area contributed by atoms with Gasteiger partial charge in [-0.3, -0.25) is 0 Å². The number of benzene rings is 2. The van der Waals surface area contributed by atoms with Gasteiger partial charge >= 0.3 is 5.25 Å². The van der Waals surface area contributed by atoms with E-state index in [9.17, 15) is 18.1 Å². The summed E-state index contributed by atoms with van der Waals surface area (Å²) < 4.78 is 50.9. The quantitative estimate of drug-likeness (QED) is 0.939. The van der Waals surface area contributed by atoms with Gasteiger partial charge in [-0.2, -0.15) is 8.78 Å². The van der Waals surface area contributed by atoms with Crippen LogP contribution in [0.25, 0.3) is 0 Å². The summed E-state index contributed by atoms with van der Waals surface area (Å²) in [5, 5.41) is 6.13. The molecular formula is C15H12F2O4S. The van der Waals surface area contributed by atoms with Crippen molar-refractivity contribution in [2.75, 3.05) is 6.79 Å². The maximum absolute atomic E-state index is 14.3. The molecule has 0 aliphatic carbocycles. The highest BCUT2D eigenvalue weighted by Gasteiger charge is 2.47. The van der Waals surface area contributed by atoms with Crippen LogP contribution in [0.4, 0.5) is 8.78 Å². The fraction of sp³-hybridized carbons (Fsp3) is 0.200. The molecule has 3 rings (SSSR count). The van der Waals surface area contributed by atoms with E-state index < -0.39 is 22.2 Å². The maximum atomic E-state index is 14.3. The van der Waals surface area contributed by atoms with Crippen molar-refractivity contribution in [3.05, 3.63) is 54.1 Å². The van der Waals surface area contributed by atoms with Crippen molar-refractivity contribution >= 4 is 10.8 Å². The van der Waals surface area contributed by atoms with Crippen LogP contribution < -0.4 is 9.47 Å². The predicted octanol–water partition coefficient (Wildman–Crippen LogP) is 2.85. The second-order valence-corrected chi connectivity index (χ2v) is 6.21. The number of aliphatic hydroxyl groups is 1. The summed E-state index contributed by atoms with van der Waals surface area (Å²) in [6.07, 6.45) is -2.22. The summed E-state index contributed by atoms with van der Waals surface area (Å²) in [5.41, 5.74) is -0.0847. The third-order valence-corrected chi connectivity index (χ3v) is 4.65. The third-order valence-electron chi connectivity index (χ3n) is 3.24. The van der Waals surface area contributed by atoms with Crippen LogP contribution in [0.3, 0.4) is 0 Å². The molecule has 0 spiro atoms. The number of hydrogen-bond donors (Lipinski definition) is 1. The molecule has 2 atom stereocenters. The van der Waals surface area contributed by atoms with Crippen LogP contribution in [-0.2, 0) is 10.8 Å². The van der Waals surface area contributed by atoms with Crippen molar-refractivity contribution in [1.29, 1.82) is 0 Å². The topological polar surface area (TPSA) is 55.8 Å². The lowest BCUT2D eigenvalue weighted by Gasteiger charge is -2.22. The molecule has 2 aromatic carbocycles. The highest BCUT2D eigenvalue weighted by molar-refractivity contribution is 7.86. The van der Waals surface area contributed by atoms with Gasteiger partial charge in [0.05, 0.1) is 0 Å². The molecule has 1 heterocycles. The lowest BCUT2D eigenvalue weighted by molar-refractivity contribution is -0.0397. The van der Waals surface area contributed by atoms with Crippen molar-refractivity contribution in [3.63, 3.8) is 0 Å². The lowest BCUT2D eigenvalue weighted by atomic mass is 10.1. The van der Waals surface area contributed by atoms with Crippen LogP contribution in [0.15, 0.2) is 53.4 Å². The summed E-state index contributed by atoms with van der Waals surface area (Å²) in [6.45, 7) is 0.00121. The average molecular weight is 326 g/mol. The molecule has 22 heavy (non-hydrogen) atoms. The van der Waals surface area contributed by atoms with E-state index in [-0.39, 0.29) is 23.0 Å². The van der Waals surface area contributed by atoms with E-state index >= 15 is 0 Å². The fourth-order valence-electron chi connectivity index (χ4n) is 2.08. The Balaban J connectivity index is 1.90. The average Bonchev–Trinajstić information content (AvgIpc) is 3.01. The maximum Gasteiger partial charge on any atom is 0.354 e. The Kier molecular flexibility index (Phi) is 3.84. The predicted molar refractivity (Wildman–Crippen MR) is 75.3 cm³/mol. The molecule has 0 radical (unpaired) electrons. The molecule has 7 heteroatoms. The summed E-state index contributed by atoms with van der Waals surface area (Å²) in [4.78, 5) is -0.0488. The second kappa shape index (κ2) is 5.66. The van der Waals surface area contributed by atoms with Gasteiger partial charge in [0.15, 0.2) is 17.6 Å². The highest BCUT2D eigenvalue weighted by atomic mass is 32.2. The number of aliphatic hydroxyl groups excluding tert-OH is 1. The standard InChI is InChI=1S/C15H12F2O4S/c16-15(17,22(19)11-4-2-1-3-5-11)14(18)10-6-7-12-13(8-10)21-9-20-12/h1-8,14,18H,9H2. The van der Waals surface area contributed by atoms with Crippen LogP contribution in [0.1, 0.15) is 11.7 Å². The zero-order chi connectivity index (χ0) is 15.7. The van der Waals surface area contributed by atoms with Crippen molar-refractivity contribution in [2.24, 2.45) is 0 Å². The lowest BCUT2D eigenvalue weighted by Crippen LogP contribution is -2.31. The van der Waals surface area contributed by atoms with Crippen molar-refractivity contribution in [1.82, 2.24) is 0 Å². The van der Waals surface area contributed by atoms with Gasteiger partial charge in [-0.05, 0) is 29.8 Å². The number of hydrogen-bond acceptors (Lipinski definition) is 4. The van der Waals surface area contributed by atoms with Gasteiger partial charge in [0.25, 0.3) is 0 Å². The minimum Gasteiger partial charge on any atom is -0.454 e. The molecule has 2 unspecified atom stereocenters. The Morgan fingerprint density at radius 3 is 2.50 bits per heavy atom. The first-order chi connectivity index (χ1) is 10.5. The molecule has 0 bridgehead atoms. The molecule has 0 fully saturated rings. The first kappa shape index (κ1) is 14.9. The summed E-state index contributed by atoms with van der Waals surface area (Å²) in [7, 11) is -2.68. The normalized spacial score (nSPS) is 16.3. The summed E-state index contributed by atoms with van der Waals surface area (Å²) >= 11 is 0. The summed E-state index contributed by atoms with van der Waals surface area (Å²) in [5.74, 6) is 0.696. The molecule has 4 nitrogen and oxygen atoms in total. The SMILES string of the molecule is O=S(c1ccccc1)C(F)(F)C(O)c1ccc2c(c1)OCO2. The molecule has 0 saturated heterocycles. The Labute approximate surface area is 127 Å². The van der Waals surface area contributed by atoms with Crippen LogP contribution in [0.5, 0.6) is 11.5 Å². The summed E-state index contributed by atoms with van der Waals surface area (Å²) in [6, 6.07) is 11.3. The molecule has 2 aromatic rings. The zero-order valence-corrected chi connectivity index (χ0v) is 12.1. The van der Waals surface area contributed by atoms with Gasteiger partial charge in [0, 0.05) is 4.90 Å². The van der Waals surface area contributed by atoms with E-state index in [1.165, 1.54) is 42.5 Å². The van der Waals surface area contributed by atoms with Crippen molar-refractivity contribution in [3.8, 4) is 11.5 Å². The number of fused-ring (bicyclic) bond motifs is 1. The van der Waals surface area contributed by atoms with E-state index in [1.807, 2.05) is 0 Å². The smallest absolute Gasteiger partial charge is 0.354 e. The molecular weight excluding hydrogens is 314 g/mol. The van der Waals surface area contributed by atoms with Gasteiger partial charge in [-0.15, -0.1) is 0 Å². The highest BCUT2D eigenvalue weighted by Crippen LogP contribution is 2.41. The molecule has 1 aliphatic heterocycles. The van der Waals surface area contributed by atoms with E-state index in [1.54, 1.807) is 6.07 Å². The van der Waals surface area contributed by atoms with Crippen LogP contribution in [0.2, 0.25) is 0 Å². The second-order valence-electron chi connectivity index (χ2n) is 4.66. The van der Waals surface area contributed by atoms with Crippen LogP contribution in [0, 0.1) is 0 Å². The Morgan fingerprint density at radius 1 is 1.09 bits per heavy atom. The largest absolute Gasteiger partial charge is 0.454 e. The first-order valence-corrected chi connectivity index (χ1v) is 7.57. The van der Waals surface area contributed by atoms with E-state index in [0.29, 0.717) is 5.75 Å². The number of alkyl halides is 2. The number of ether oxygens (including phenoxy) is 2. The van der Waals surface area contributed by atoms with Crippen LogP contribution >= 0.6 is 0 Å². The third kappa shape index (κ3) is 2.57. The van der Waals surface area contributed by atoms with E-state index in [0.717, 1.165) is 0 Å². The fourth-order valence-corrected chi connectivity index (χ4v) is 3.14. The van der Waals surface area contributed by atoms with Gasteiger partial charge in [-0.25, -0.2) is 4.21 Å². The van der Waals surface area contributed by atoms with Gasteiger partial charge in [0.2, 0.25) is 6.79 Å². The molecule has 116 valence electrons. The first-order valence-electron chi connectivity index (χ1n) is 6.42. The molecule has 0 saturated carbocycles. The molecule has 1 N–H and O–H groups in total. The Morgan fingerprint density at radius 2 is 1.77 bits per heavy atom. The number of rotatable bonds is 4. The molecule has 1 aliphatic rings. The minimum atomic E-state index is -3.84. The van der Waals surface area contributed by atoms with Crippen LogP contribution in [-0.4, -0.2) is 21.4 Å².